The standard InChI is InChI=1S/C17H16ClFN2O2/c18-13-8-4-9-14(16(13)19)21-15(22)10-5-11-20-17(23)12-6-2-1-3-7-12/h1-4,6-9H,5,10-11H2,(H,20,23)(H,21,22). The van der Waals surface area contributed by atoms with E-state index in [4.69, 9.17) is 11.6 Å². The summed E-state index contributed by atoms with van der Waals surface area (Å²) in [5.74, 6) is -1.17. The highest BCUT2D eigenvalue weighted by atomic mass is 35.5. The Hall–Kier alpha value is -2.40. The fraction of sp³-hybridized carbons (Fsp3) is 0.176. The molecule has 2 aromatic rings. The van der Waals surface area contributed by atoms with E-state index in [1.165, 1.54) is 12.1 Å². The molecule has 0 unspecified atom stereocenters. The normalized spacial score (nSPS) is 10.2. The summed E-state index contributed by atoms with van der Waals surface area (Å²) in [5.41, 5.74) is 0.619. The maximum atomic E-state index is 13.6. The van der Waals surface area contributed by atoms with Crippen LogP contribution in [0.2, 0.25) is 5.02 Å². The molecule has 0 spiro atoms. The molecule has 0 radical (unpaired) electrons. The van der Waals surface area contributed by atoms with Crippen molar-refractivity contribution in [3.8, 4) is 0 Å². The maximum Gasteiger partial charge on any atom is 0.251 e. The van der Waals surface area contributed by atoms with E-state index < -0.39 is 5.82 Å². The van der Waals surface area contributed by atoms with Gasteiger partial charge in [-0.3, -0.25) is 9.59 Å². The van der Waals surface area contributed by atoms with Crippen LogP contribution < -0.4 is 10.6 Å². The second-order valence-corrected chi connectivity index (χ2v) is 5.28. The van der Waals surface area contributed by atoms with Gasteiger partial charge in [-0.1, -0.05) is 35.9 Å². The van der Waals surface area contributed by atoms with Crippen LogP contribution in [0.25, 0.3) is 0 Å². The summed E-state index contributed by atoms with van der Waals surface area (Å²) >= 11 is 5.64. The van der Waals surface area contributed by atoms with Crippen LogP contribution in [0.3, 0.4) is 0 Å². The zero-order valence-corrected chi connectivity index (χ0v) is 13.1. The van der Waals surface area contributed by atoms with E-state index in [0.717, 1.165) is 0 Å². The van der Waals surface area contributed by atoms with Gasteiger partial charge in [-0.25, -0.2) is 4.39 Å². The molecule has 2 N–H and O–H groups in total. The largest absolute Gasteiger partial charge is 0.352 e. The number of benzene rings is 2. The third-order valence-corrected chi connectivity index (χ3v) is 3.42. The third-order valence-electron chi connectivity index (χ3n) is 3.13. The van der Waals surface area contributed by atoms with Crippen LogP contribution in [0.4, 0.5) is 10.1 Å². The quantitative estimate of drug-likeness (QED) is 0.793. The van der Waals surface area contributed by atoms with Gasteiger partial charge in [0.15, 0.2) is 5.82 Å². The van der Waals surface area contributed by atoms with Crippen LogP contribution in [0.5, 0.6) is 0 Å². The number of rotatable bonds is 6. The molecule has 6 heteroatoms. The van der Waals surface area contributed by atoms with Crippen molar-refractivity contribution in [3.63, 3.8) is 0 Å². The summed E-state index contributed by atoms with van der Waals surface area (Å²) in [4.78, 5) is 23.5. The van der Waals surface area contributed by atoms with E-state index in [0.29, 0.717) is 18.5 Å². The van der Waals surface area contributed by atoms with Gasteiger partial charge in [0.25, 0.3) is 5.91 Å². The van der Waals surface area contributed by atoms with Gasteiger partial charge in [-0.05, 0) is 30.7 Å². The zero-order chi connectivity index (χ0) is 16.7. The van der Waals surface area contributed by atoms with Gasteiger partial charge < -0.3 is 10.6 Å². The molecule has 120 valence electrons. The highest BCUT2D eigenvalue weighted by Gasteiger charge is 2.10. The fourth-order valence-corrected chi connectivity index (χ4v) is 2.13. The first kappa shape index (κ1) is 17.0. The molecule has 0 aliphatic rings. The van der Waals surface area contributed by atoms with Crippen molar-refractivity contribution in [2.24, 2.45) is 0 Å². The van der Waals surface area contributed by atoms with E-state index >= 15 is 0 Å². The third kappa shape index (κ3) is 5.07. The molecule has 0 aromatic heterocycles. The lowest BCUT2D eigenvalue weighted by atomic mass is 10.2. The Labute approximate surface area is 138 Å². The minimum atomic E-state index is -0.653. The molecule has 2 aromatic carbocycles. The minimum absolute atomic E-state index is 0.0436. The van der Waals surface area contributed by atoms with Gasteiger partial charge in [0.2, 0.25) is 5.91 Å². The Morgan fingerprint density at radius 2 is 1.78 bits per heavy atom. The highest BCUT2D eigenvalue weighted by molar-refractivity contribution is 6.31. The number of anilines is 1. The van der Waals surface area contributed by atoms with Crippen LogP contribution in [-0.2, 0) is 4.79 Å². The maximum absolute atomic E-state index is 13.6. The smallest absolute Gasteiger partial charge is 0.251 e. The number of amides is 2. The predicted molar refractivity (Wildman–Crippen MR) is 88.0 cm³/mol. The molecule has 0 fully saturated rings. The Balaban J connectivity index is 1.73. The summed E-state index contributed by atoms with van der Waals surface area (Å²) in [7, 11) is 0. The van der Waals surface area contributed by atoms with Gasteiger partial charge in [-0.15, -0.1) is 0 Å². The van der Waals surface area contributed by atoms with Crippen molar-refractivity contribution >= 4 is 29.1 Å². The molecule has 2 amide bonds. The fourth-order valence-electron chi connectivity index (χ4n) is 1.96. The summed E-state index contributed by atoms with van der Waals surface area (Å²) < 4.78 is 13.6. The number of hydrogen-bond donors (Lipinski definition) is 2. The van der Waals surface area contributed by atoms with Crippen LogP contribution in [0, 0.1) is 5.82 Å². The molecule has 0 saturated heterocycles. The average Bonchev–Trinajstić information content (AvgIpc) is 2.56. The first-order chi connectivity index (χ1) is 11.1. The molecule has 2 rings (SSSR count). The topological polar surface area (TPSA) is 58.2 Å². The second-order valence-electron chi connectivity index (χ2n) is 4.88. The molecule has 0 saturated carbocycles. The van der Waals surface area contributed by atoms with E-state index in [2.05, 4.69) is 10.6 Å². The van der Waals surface area contributed by atoms with E-state index in [-0.39, 0.29) is 28.9 Å². The van der Waals surface area contributed by atoms with Crippen molar-refractivity contribution in [2.45, 2.75) is 12.8 Å². The van der Waals surface area contributed by atoms with Crippen molar-refractivity contribution in [2.75, 3.05) is 11.9 Å². The van der Waals surface area contributed by atoms with Gasteiger partial charge in [-0.2, -0.15) is 0 Å². The number of carbonyl (C=O) groups excluding carboxylic acids is 2. The monoisotopic (exact) mass is 334 g/mol. The molecule has 0 aliphatic carbocycles. The SMILES string of the molecule is O=C(CCCNC(=O)c1ccccc1)Nc1cccc(Cl)c1F. The summed E-state index contributed by atoms with van der Waals surface area (Å²) in [5, 5.41) is 5.14. The lowest BCUT2D eigenvalue weighted by molar-refractivity contribution is -0.116. The number of nitrogens with one attached hydrogen (secondary N) is 2. The van der Waals surface area contributed by atoms with Crippen LogP contribution in [0.15, 0.2) is 48.5 Å². The molecule has 0 atom stereocenters. The average molecular weight is 335 g/mol. The molecule has 0 aliphatic heterocycles. The lowest BCUT2D eigenvalue weighted by Crippen LogP contribution is -2.25. The van der Waals surface area contributed by atoms with Crippen LogP contribution in [-0.4, -0.2) is 18.4 Å². The Morgan fingerprint density at radius 1 is 1.04 bits per heavy atom. The number of hydrogen-bond acceptors (Lipinski definition) is 2. The van der Waals surface area contributed by atoms with Crippen LogP contribution >= 0.6 is 11.6 Å². The van der Waals surface area contributed by atoms with Crippen molar-refractivity contribution < 1.29 is 14.0 Å². The zero-order valence-electron chi connectivity index (χ0n) is 12.3. The molecule has 23 heavy (non-hydrogen) atoms. The highest BCUT2D eigenvalue weighted by Crippen LogP contribution is 2.22. The second kappa shape index (κ2) is 8.29. The Bertz CT molecular complexity index is 692. The first-order valence-corrected chi connectivity index (χ1v) is 7.53. The van der Waals surface area contributed by atoms with Crippen molar-refractivity contribution in [3.05, 3.63) is 64.9 Å². The summed E-state index contributed by atoms with van der Waals surface area (Å²) in [6, 6.07) is 13.2. The van der Waals surface area contributed by atoms with Crippen molar-refractivity contribution in [1.82, 2.24) is 5.32 Å². The molecule has 0 heterocycles. The molecule has 0 bridgehead atoms. The number of halogens is 2. The lowest BCUT2D eigenvalue weighted by Gasteiger charge is -2.08. The Kier molecular flexibility index (Phi) is 6.11. The van der Waals surface area contributed by atoms with Gasteiger partial charge in [0, 0.05) is 18.5 Å². The summed E-state index contributed by atoms with van der Waals surface area (Å²) in [6.45, 7) is 0.360. The van der Waals surface area contributed by atoms with Gasteiger partial charge >= 0.3 is 0 Å². The molecular formula is C17H16ClFN2O2. The van der Waals surface area contributed by atoms with E-state index in [1.807, 2.05) is 6.07 Å². The van der Waals surface area contributed by atoms with E-state index in [9.17, 15) is 14.0 Å². The van der Waals surface area contributed by atoms with Gasteiger partial charge in [0.05, 0.1) is 10.7 Å². The predicted octanol–water partition coefficient (Wildman–Crippen LogP) is 3.63. The van der Waals surface area contributed by atoms with E-state index in [1.54, 1.807) is 30.3 Å². The first-order valence-electron chi connectivity index (χ1n) is 7.15. The minimum Gasteiger partial charge on any atom is -0.352 e. The molecule has 4 nitrogen and oxygen atoms in total. The molecular weight excluding hydrogens is 319 g/mol. The van der Waals surface area contributed by atoms with Gasteiger partial charge in [0.1, 0.15) is 0 Å². The Morgan fingerprint density at radius 3 is 2.52 bits per heavy atom. The summed E-state index contributed by atoms with van der Waals surface area (Å²) in [6.07, 6.45) is 0.619. The van der Waals surface area contributed by atoms with Crippen molar-refractivity contribution in [1.29, 1.82) is 0 Å². The van der Waals surface area contributed by atoms with Crippen LogP contribution in [0.1, 0.15) is 23.2 Å². The number of carbonyl (C=O) groups is 2.